The third-order valence-corrected chi connectivity index (χ3v) is 5.71. The van der Waals surface area contributed by atoms with Gasteiger partial charge in [-0.1, -0.05) is 24.3 Å². The van der Waals surface area contributed by atoms with E-state index in [4.69, 9.17) is 0 Å². The van der Waals surface area contributed by atoms with Crippen molar-refractivity contribution < 1.29 is 9.59 Å². The van der Waals surface area contributed by atoms with Crippen LogP contribution in [0.1, 0.15) is 41.4 Å². The Morgan fingerprint density at radius 1 is 1.06 bits per heavy atom. The number of nitrogens with one attached hydrogen (secondary N) is 2. The van der Waals surface area contributed by atoms with Crippen molar-refractivity contribution in [2.45, 2.75) is 26.8 Å². The molecule has 2 heterocycles. The van der Waals surface area contributed by atoms with Gasteiger partial charge in [0.1, 0.15) is 0 Å². The molecule has 4 aromatic rings. The van der Waals surface area contributed by atoms with Gasteiger partial charge in [0, 0.05) is 29.6 Å². The van der Waals surface area contributed by atoms with Crippen LogP contribution in [0, 0.1) is 6.92 Å². The molecule has 32 heavy (non-hydrogen) atoms. The fraction of sp³-hybridized carbons (Fsp3) is 0.167. The first-order valence-corrected chi connectivity index (χ1v) is 11.0. The molecular weight excluding hydrogens is 422 g/mol. The van der Waals surface area contributed by atoms with Crippen LogP contribution in [0.4, 0.5) is 5.13 Å². The summed E-state index contributed by atoms with van der Waals surface area (Å²) in [5.74, 6) is -0.277. The van der Waals surface area contributed by atoms with Crippen LogP contribution in [0.2, 0.25) is 0 Å². The fourth-order valence-electron chi connectivity index (χ4n) is 3.28. The number of rotatable bonds is 6. The summed E-state index contributed by atoms with van der Waals surface area (Å²) < 4.78 is 1.77. The molecule has 0 aliphatic heterocycles. The Balaban J connectivity index is 1.41. The number of nitrogens with zero attached hydrogens (tertiary/aromatic N) is 3. The van der Waals surface area contributed by atoms with Gasteiger partial charge in [0.2, 0.25) is 5.91 Å². The van der Waals surface area contributed by atoms with E-state index < -0.39 is 0 Å². The molecule has 8 heteroatoms. The van der Waals surface area contributed by atoms with Gasteiger partial charge in [-0.3, -0.25) is 14.9 Å². The van der Waals surface area contributed by atoms with Gasteiger partial charge < -0.3 is 5.32 Å². The lowest BCUT2D eigenvalue weighted by molar-refractivity contribution is -0.119. The Labute approximate surface area is 190 Å². The van der Waals surface area contributed by atoms with Crippen molar-refractivity contribution in [1.82, 2.24) is 20.1 Å². The molecule has 0 radical (unpaired) electrons. The zero-order chi connectivity index (χ0) is 22.7. The highest BCUT2D eigenvalue weighted by Gasteiger charge is 2.12. The Hall–Kier alpha value is -3.78. The molecule has 4 rings (SSSR count). The summed E-state index contributed by atoms with van der Waals surface area (Å²) in [6, 6.07) is 15.1. The minimum absolute atomic E-state index is 0.0597. The number of hydrogen-bond donors (Lipinski definition) is 2. The number of carbonyl (C=O) groups excluding carboxylic acids is 2. The number of benzene rings is 2. The third-order valence-electron chi connectivity index (χ3n) is 4.96. The number of anilines is 1. The minimum Gasteiger partial charge on any atom is -0.350 e. The summed E-state index contributed by atoms with van der Waals surface area (Å²) >= 11 is 1.37. The number of amides is 2. The fourth-order valence-corrected chi connectivity index (χ4v) is 4.00. The maximum absolute atomic E-state index is 12.6. The zero-order valence-electron chi connectivity index (χ0n) is 18.0. The van der Waals surface area contributed by atoms with Gasteiger partial charge in [0.05, 0.1) is 23.6 Å². The van der Waals surface area contributed by atoms with Crippen LogP contribution in [-0.2, 0) is 4.79 Å². The lowest BCUT2D eigenvalue weighted by Crippen LogP contribution is -2.23. The molecule has 7 nitrogen and oxygen atoms in total. The monoisotopic (exact) mass is 445 g/mol. The first-order chi connectivity index (χ1) is 15.4. The smallest absolute Gasteiger partial charge is 0.257 e. The van der Waals surface area contributed by atoms with Crippen LogP contribution in [-0.4, -0.2) is 26.6 Å². The van der Waals surface area contributed by atoms with Gasteiger partial charge in [-0.05, 0) is 49.2 Å². The topological polar surface area (TPSA) is 88.9 Å². The molecule has 1 unspecified atom stereocenters. The molecule has 0 fully saturated rings. The van der Waals surface area contributed by atoms with Gasteiger partial charge in [-0.25, -0.2) is 9.67 Å². The van der Waals surface area contributed by atoms with Gasteiger partial charge in [0.15, 0.2) is 5.13 Å². The Morgan fingerprint density at radius 2 is 1.78 bits per heavy atom. The highest BCUT2D eigenvalue weighted by atomic mass is 32.1. The summed E-state index contributed by atoms with van der Waals surface area (Å²) in [5, 5.41) is 12.4. The maximum Gasteiger partial charge on any atom is 0.257 e. The van der Waals surface area contributed by atoms with Crippen LogP contribution in [0.3, 0.4) is 0 Å². The average Bonchev–Trinajstić information content (AvgIpc) is 3.42. The van der Waals surface area contributed by atoms with E-state index in [0.717, 1.165) is 28.1 Å². The van der Waals surface area contributed by atoms with Crippen molar-refractivity contribution in [3.63, 3.8) is 0 Å². The highest BCUT2D eigenvalue weighted by molar-refractivity contribution is 7.14. The Bertz CT molecular complexity index is 1240. The molecule has 162 valence electrons. The second kappa shape index (κ2) is 9.15. The lowest BCUT2D eigenvalue weighted by Gasteiger charge is -2.13. The SMILES string of the molecule is CC(=O)NC(C)c1ccc(-c2csc(NC(=O)c3ccc(-n4cc(C)cn4)cc3)n2)cc1. The number of thiazole rings is 1. The second-order valence-corrected chi connectivity index (χ2v) is 8.40. The van der Waals surface area contributed by atoms with Crippen molar-refractivity contribution in [2.24, 2.45) is 0 Å². The van der Waals surface area contributed by atoms with E-state index in [1.54, 1.807) is 23.0 Å². The molecule has 2 N–H and O–H groups in total. The molecule has 0 aliphatic rings. The Kier molecular flexibility index (Phi) is 6.13. The van der Waals surface area contributed by atoms with E-state index in [0.29, 0.717) is 10.7 Å². The number of hydrogen-bond acceptors (Lipinski definition) is 5. The maximum atomic E-state index is 12.6. The van der Waals surface area contributed by atoms with Gasteiger partial charge in [-0.15, -0.1) is 11.3 Å². The quantitative estimate of drug-likeness (QED) is 0.448. The number of aromatic nitrogens is 3. The molecule has 0 bridgehead atoms. The first kappa shape index (κ1) is 21.5. The standard InChI is InChI=1S/C24H23N5O2S/c1-15-12-25-29(13-15)21-10-8-20(9-11-21)23(31)28-24-27-22(14-32-24)19-6-4-18(5-7-19)16(2)26-17(3)30/h4-14,16H,1-3H3,(H,26,30)(H,27,28,31). The molecule has 1 atom stereocenters. The highest BCUT2D eigenvalue weighted by Crippen LogP contribution is 2.26. The molecule has 2 aromatic carbocycles. The van der Waals surface area contributed by atoms with Crippen molar-refractivity contribution in [2.75, 3.05) is 5.32 Å². The van der Waals surface area contributed by atoms with E-state index in [-0.39, 0.29) is 17.9 Å². The normalized spacial score (nSPS) is 11.7. The van der Waals surface area contributed by atoms with Crippen LogP contribution >= 0.6 is 11.3 Å². The predicted molar refractivity (Wildman–Crippen MR) is 126 cm³/mol. The Morgan fingerprint density at radius 3 is 2.41 bits per heavy atom. The van der Waals surface area contributed by atoms with Crippen LogP contribution < -0.4 is 10.6 Å². The largest absolute Gasteiger partial charge is 0.350 e. The molecule has 0 saturated carbocycles. The van der Waals surface area contributed by atoms with Crippen LogP contribution in [0.15, 0.2) is 66.3 Å². The minimum atomic E-state index is -0.214. The van der Waals surface area contributed by atoms with Crippen molar-refractivity contribution in [1.29, 1.82) is 0 Å². The summed E-state index contributed by atoms with van der Waals surface area (Å²) in [6.45, 7) is 5.43. The second-order valence-electron chi connectivity index (χ2n) is 7.55. The molecule has 2 amide bonds. The number of carbonyl (C=O) groups is 2. The van der Waals surface area contributed by atoms with Crippen molar-refractivity contribution >= 4 is 28.3 Å². The molecule has 0 saturated heterocycles. The van der Waals surface area contributed by atoms with Crippen LogP contribution in [0.5, 0.6) is 0 Å². The van der Waals surface area contributed by atoms with Gasteiger partial charge >= 0.3 is 0 Å². The molecular formula is C24H23N5O2S. The lowest BCUT2D eigenvalue weighted by atomic mass is 10.1. The van der Waals surface area contributed by atoms with E-state index >= 15 is 0 Å². The van der Waals surface area contributed by atoms with Gasteiger partial charge in [0.25, 0.3) is 5.91 Å². The number of aryl methyl sites for hydroxylation is 1. The molecule has 2 aromatic heterocycles. The first-order valence-electron chi connectivity index (χ1n) is 10.1. The van der Waals surface area contributed by atoms with Crippen molar-refractivity contribution in [3.8, 4) is 16.9 Å². The van der Waals surface area contributed by atoms with Crippen molar-refractivity contribution in [3.05, 3.63) is 83.0 Å². The third kappa shape index (κ3) is 4.92. The zero-order valence-corrected chi connectivity index (χ0v) is 18.8. The summed E-state index contributed by atoms with van der Waals surface area (Å²) in [7, 11) is 0. The van der Waals surface area contributed by atoms with E-state index in [2.05, 4.69) is 20.7 Å². The van der Waals surface area contributed by atoms with Gasteiger partial charge in [-0.2, -0.15) is 5.10 Å². The molecule has 0 aliphatic carbocycles. The molecule has 0 spiro atoms. The predicted octanol–water partition coefficient (Wildman–Crippen LogP) is 4.75. The summed E-state index contributed by atoms with van der Waals surface area (Å²) in [6.07, 6.45) is 3.72. The van der Waals surface area contributed by atoms with E-state index in [1.807, 2.05) is 61.8 Å². The van der Waals surface area contributed by atoms with E-state index in [9.17, 15) is 9.59 Å². The average molecular weight is 446 g/mol. The van der Waals surface area contributed by atoms with Crippen LogP contribution in [0.25, 0.3) is 16.9 Å². The summed E-state index contributed by atoms with van der Waals surface area (Å²) in [4.78, 5) is 28.4. The summed E-state index contributed by atoms with van der Waals surface area (Å²) in [5.41, 5.74) is 5.26. The van der Waals surface area contributed by atoms with E-state index in [1.165, 1.54) is 18.3 Å².